The minimum Gasteiger partial charge on any atom is -0.496 e. The van der Waals surface area contributed by atoms with E-state index in [9.17, 15) is 5.11 Å². The zero-order valence-corrected chi connectivity index (χ0v) is 9.06. The minimum atomic E-state index is -0.697. The summed E-state index contributed by atoms with van der Waals surface area (Å²) in [6.45, 7) is 0.626. The second kappa shape index (κ2) is 5.70. The summed E-state index contributed by atoms with van der Waals surface area (Å²) in [5.74, 6) is 0.650. The molecule has 0 saturated carbocycles. The third-order valence-electron chi connectivity index (χ3n) is 2.21. The van der Waals surface area contributed by atoms with Crippen LogP contribution in [0, 0.1) is 0 Å². The predicted molar refractivity (Wildman–Crippen MR) is 57.7 cm³/mol. The fraction of sp³-hybridized carbons (Fsp3) is 0.455. The van der Waals surface area contributed by atoms with Crippen LogP contribution in [0.2, 0.25) is 0 Å². The van der Waals surface area contributed by atoms with Crippen LogP contribution in [0.4, 0.5) is 0 Å². The smallest absolute Gasteiger partial charge is 0.130 e. The summed E-state index contributed by atoms with van der Waals surface area (Å²) in [6.07, 6.45) is -0.697. The van der Waals surface area contributed by atoms with Crippen molar-refractivity contribution in [2.45, 2.75) is 12.7 Å². The van der Waals surface area contributed by atoms with Gasteiger partial charge < -0.3 is 20.3 Å². The van der Waals surface area contributed by atoms with Gasteiger partial charge in [-0.15, -0.1) is 0 Å². The minimum absolute atomic E-state index is 0.173. The monoisotopic (exact) mass is 211 g/mol. The van der Waals surface area contributed by atoms with Crippen molar-refractivity contribution in [3.8, 4) is 5.75 Å². The van der Waals surface area contributed by atoms with Gasteiger partial charge in [0, 0.05) is 24.8 Å². The maximum atomic E-state index is 9.69. The molecule has 0 aromatic heterocycles. The van der Waals surface area contributed by atoms with Crippen molar-refractivity contribution in [2.24, 2.45) is 5.73 Å². The standard InChI is InChI=1S/C11H17NO3/c1-14-7-8-4-3-5-9(10(13)6-12)11(8)15-2/h3-5,10,13H,6-7,12H2,1-2H3. The van der Waals surface area contributed by atoms with E-state index in [0.717, 1.165) is 5.56 Å². The molecule has 0 radical (unpaired) electrons. The Morgan fingerprint density at radius 1 is 1.40 bits per heavy atom. The molecule has 1 rings (SSSR count). The van der Waals surface area contributed by atoms with Crippen LogP contribution < -0.4 is 10.5 Å². The molecule has 0 fully saturated rings. The van der Waals surface area contributed by atoms with Crippen LogP contribution in [0.3, 0.4) is 0 Å². The lowest BCUT2D eigenvalue weighted by molar-refractivity contribution is 0.172. The molecule has 1 unspecified atom stereocenters. The second-order valence-electron chi connectivity index (χ2n) is 3.22. The van der Waals surface area contributed by atoms with Gasteiger partial charge in [0.25, 0.3) is 0 Å². The summed E-state index contributed by atoms with van der Waals surface area (Å²) < 4.78 is 10.3. The number of nitrogens with two attached hydrogens (primary N) is 1. The topological polar surface area (TPSA) is 64.7 Å². The highest BCUT2D eigenvalue weighted by atomic mass is 16.5. The maximum Gasteiger partial charge on any atom is 0.130 e. The van der Waals surface area contributed by atoms with E-state index in [0.29, 0.717) is 17.9 Å². The summed E-state index contributed by atoms with van der Waals surface area (Å²) in [4.78, 5) is 0. The van der Waals surface area contributed by atoms with E-state index >= 15 is 0 Å². The van der Waals surface area contributed by atoms with E-state index in [-0.39, 0.29) is 6.54 Å². The first-order valence-electron chi connectivity index (χ1n) is 4.77. The third-order valence-corrected chi connectivity index (χ3v) is 2.21. The highest BCUT2D eigenvalue weighted by molar-refractivity contribution is 5.42. The number of aliphatic hydroxyl groups excluding tert-OH is 1. The molecule has 0 saturated heterocycles. The Morgan fingerprint density at radius 2 is 2.13 bits per heavy atom. The maximum absolute atomic E-state index is 9.69. The van der Waals surface area contributed by atoms with E-state index in [1.165, 1.54) is 0 Å². The van der Waals surface area contributed by atoms with Gasteiger partial charge in [0.05, 0.1) is 19.8 Å². The molecule has 0 spiro atoms. The molecule has 1 atom stereocenters. The van der Waals surface area contributed by atoms with E-state index in [2.05, 4.69) is 0 Å². The Balaban J connectivity index is 3.09. The molecule has 15 heavy (non-hydrogen) atoms. The predicted octanol–water partition coefficient (Wildman–Crippen LogP) is 0.834. The summed E-state index contributed by atoms with van der Waals surface area (Å²) >= 11 is 0. The first-order chi connectivity index (χ1) is 7.24. The van der Waals surface area contributed by atoms with Crippen molar-refractivity contribution in [2.75, 3.05) is 20.8 Å². The van der Waals surface area contributed by atoms with Crippen molar-refractivity contribution >= 4 is 0 Å². The van der Waals surface area contributed by atoms with E-state index in [1.54, 1.807) is 20.3 Å². The van der Waals surface area contributed by atoms with E-state index in [1.807, 2.05) is 12.1 Å². The molecular formula is C11H17NO3. The lowest BCUT2D eigenvalue weighted by Gasteiger charge is -2.16. The molecule has 0 amide bonds. The molecule has 0 aliphatic heterocycles. The number of hydrogen-bond donors (Lipinski definition) is 2. The van der Waals surface area contributed by atoms with Crippen LogP contribution in [0.25, 0.3) is 0 Å². The van der Waals surface area contributed by atoms with Crippen molar-refractivity contribution < 1.29 is 14.6 Å². The quantitative estimate of drug-likeness (QED) is 0.757. The molecule has 0 aliphatic carbocycles. The first-order valence-corrected chi connectivity index (χ1v) is 4.77. The zero-order valence-electron chi connectivity index (χ0n) is 9.06. The third kappa shape index (κ3) is 2.68. The number of benzene rings is 1. The molecular weight excluding hydrogens is 194 g/mol. The molecule has 4 heteroatoms. The van der Waals surface area contributed by atoms with Gasteiger partial charge in [-0.2, -0.15) is 0 Å². The number of aliphatic hydroxyl groups is 1. The first kappa shape index (κ1) is 12.0. The number of methoxy groups -OCH3 is 2. The average Bonchev–Trinajstić information content (AvgIpc) is 2.28. The molecule has 3 N–H and O–H groups in total. The molecule has 4 nitrogen and oxygen atoms in total. The van der Waals surface area contributed by atoms with Crippen LogP contribution in [0.1, 0.15) is 17.2 Å². The van der Waals surface area contributed by atoms with Crippen molar-refractivity contribution in [1.29, 1.82) is 0 Å². The Morgan fingerprint density at radius 3 is 2.67 bits per heavy atom. The number of hydrogen-bond acceptors (Lipinski definition) is 4. The highest BCUT2D eigenvalue weighted by Crippen LogP contribution is 2.29. The van der Waals surface area contributed by atoms with Crippen LogP contribution in [-0.4, -0.2) is 25.9 Å². The van der Waals surface area contributed by atoms with Crippen LogP contribution >= 0.6 is 0 Å². The van der Waals surface area contributed by atoms with Crippen molar-refractivity contribution in [3.05, 3.63) is 29.3 Å². The molecule has 0 aliphatic rings. The van der Waals surface area contributed by atoms with Gasteiger partial charge in [0.2, 0.25) is 0 Å². The molecule has 0 bridgehead atoms. The lowest BCUT2D eigenvalue weighted by Crippen LogP contribution is -2.13. The van der Waals surface area contributed by atoms with Crippen LogP contribution in [0.15, 0.2) is 18.2 Å². The molecule has 1 aromatic carbocycles. The van der Waals surface area contributed by atoms with E-state index < -0.39 is 6.10 Å². The fourth-order valence-electron chi connectivity index (χ4n) is 1.51. The van der Waals surface area contributed by atoms with E-state index in [4.69, 9.17) is 15.2 Å². The summed E-state index contributed by atoms with van der Waals surface area (Å²) in [6, 6.07) is 5.55. The van der Waals surface area contributed by atoms with Gasteiger partial charge in [0.1, 0.15) is 5.75 Å². The molecule has 1 aromatic rings. The molecule has 84 valence electrons. The molecule has 0 heterocycles. The SMILES string of the molecule is COCc1cccc(C(O)CN)c1OC. The zero-order chi connectivity index (χ0) is 11.3. The van der Waals surface area contributed by atoms with Gasteiger partial charge in [0.15, 0.2) is 0 Å². The van der Waals surface area contributed by atoms with Gasteiger partial charge in [-0.25, -0.2) is 0 Å². The Labute approximate surface area is 89.6 Å². The van der Waals surface area contributed by atoms with Gasteiger partial charge in [-0.3, -0.25) is 0 Å². The summed E-state index contributed by atoms with van der Waals surface area (Å²) in [5, 5.41) is 9.69. The number of ether oxygens (including phenoxy) is 2. The summed E-state index contributed by atoms with van der Waals surface area (Å²) in [7, 11) is 3.19. The van der Waals surface area contributed by atoms with Gasteiger partial charge in [-0.05, 0) is 0 Å². The van der Waals surface area contributed by atoms with Crippen molar-refractivity contribution in [1.82, 2.24) is 0 Å². The largest absolute Gasteiger partial charge is 0.496 e. The highest BCUT2D eigenvalue weighted by Gasteiger charge is 2.14. The van der Waals surface area contributed by atoms with Crippen LogP contribution in [0.5, 0.6) is 5.75 Å². The number of para-hydroxylation sites is 1. The summed E-state index contributed by atoms with van der Waals surface area (Å²) in [5.41, 5.74) is 7.03. The Bertz CT molecular complexity index is 315. The fourth-order valence-corrected chi connectivity index (χ4v) is 1.51. The van der Waals surface area contributed by atoms with Gasteiger partial charge >= 0.3 is 0 Å². The Hall–Kier alpha value is -1.10. The average molecular weight is 211 g/mol. The van der Waals surface area contributed by atoms with Crippen molar-refractivity contribution in [3.63, 3.8) is 0 Å². The second-order valence-corrected chi connectivity index (χ2v) is 3.22. The Kier molecular flexibility index (Phi) is 4.55. The normalized spacial score (nSPS) is 12.5. The van der Waals surface area contributed by atoms with Gasteiger partial charge in [-0.1, -0.05) is 18.2 Å². The van der Waals surface area contributed by atoms with Crippen LogP contribution in [-0.2, 0) is 11.3 Å². The number of rotatable bonds is 5. The lowest BCUT2D eigenvalue weighted by atomic mass is 10.0.